The van der Waals surface area contributed by atoms with Gasteiger partial charge in [0.15, 0.2) is 5.69 Å². The molecule has 1 heterocycles. The molecule has 1 rings (SSSR count). The molecule has 1 aromatic rings. The van der Waals surface area contributed by atoms with Gasteiger partial charge < -0.3 is 0 Å². The molecule has 100 valence electrons. The van der Waals surface area contributed by atoms with Gasteiger partial charge in [0.25, 0.3) is 0 Å². The van der Waals surface area contributed by atoms with Crippen LogP contribution in [0.5, 0.6) is 0 Å². The van der Waals surface area contributed by atoms with Gasteiger partial charge in [0.2, 0.25) is 0 Å². The van der Waals surface area contributed by atoms with E-state index in [0.717, 1.165) is 13.1 Å². The largest absolute Gasteiger partial charge is 0.460 e. The first-order valence-electron chi connectivity index (χ1n) is 4.21. The normalized spacial score (nSPS) is 13.5. The Hall–Kier alpha value is -1.79. The fourth-order valence-electron chi connectivity index (χ4n) is 1.13. The highest BCUT2D eigenvalue weighted by atomic mass is 19.4. The summed E-state index contributed by atoms with van der Waals surface area (Å²) in [5.41, 5.74) is -2.96. The molecule has 0 amide bonds. The average molecular weight is 275 g/mol. The number of nitriles is 1. The van der Waals surface area contributed by atoms with Crippen molar-refractivity contribution in [3.8, 4) is 6.07 Å². The summed E-state index contributed by atoms with van der Waals surface area (Å²) in [6.45, 7) is 0. The highest BCUT2D eigenvalue weighted by Gasteiger charge is 2.75. The summed E-state index contributed by atoms with van der Waals surface area (Å²) in [6, 6.07) is 1.08. The topological polar surface area (TPSA) is 41.6 Å². The SMILES string of the molecule is Cn1cc(C#N)c(C(F)(F)C(F)(F)C(F)(F)F)n1. The second-order valence-corrected chi connectivity index (χ2v) is 3.32. The Bertz CT molecular complexity index is 494. The van der Waals surface area contributed by atoms with Crippen molar-refractivity contribution in [1.29, 1.82) is 5.26 Å². The number of alkyl halides is 7. The number of hydrogen-bond donors (Lipinski definition) is 0. The van der Waals surface area contributed by atoms with Gasteiger partial charge in [-0.15, -0.1) is 0 Å². The van der Waals surface area contributed by atoms with Crippen molar-refractivity contribution >= 4 is 0 Å². The maximum Gasteiger partial charge on any atom is 0.460 e. The van der Waals surface area contributed by atoms with E-state index in [2.05, 4.69) is 5.10 Å². The third kappa shape index (κ3) is 1.89. The first-order chi connectivity index (χ1) is 7.95. The Morgan fingerprint density at radius 1 is 1.17 bits per heavy atom. The zero-order valence-corrected chi connectivity index (χ0v) is 8.56. The monoisotopic (exact) mass is 275 g/mol. The molecule has 3 nitrogen and oxygen atoms in total. The summed E-state index contributed by atoms with van der Waals surface area (Å²) in [4.78, 5) is 0. The zero-order valence-electron chi connectivity index (χ0n) is 8.56. The van der Waals surface area contributed by atoms with E-state index in [1.54, 1.807) is 0 Å². The second-order valence-electron chi connectivity index (χ2n) is 3.32. The first kappa shape index (κ1) is 14.3. The Morgan fingerprint density at radius 2 is 1.67 bits per heavy atom. The molecule has 0 fully saturated rings. The first-order valence-corrected chi connectivity index (χ1v) is 4.21. The van der Waals surface area contributed by atoms with Crippen molar-refractivity contribution in [2.45, 2.75) is 18.0 Å². The molecular weight excluding hydrogens is 271 g/mol. The van der Waals surface area contributed by atoms with Gasteiger partial charge in [-0.2, -0.15) is 41.1 Å². The van der Waals surface area contributed by atoms with E-state index in [-0.39, 0.29) is 0 Å². The summed E-state index contributed by atoms with van der Waals surface area (Å²) in [7, 11) is 1.01. The van der Waals surface area contributed by atoms with E-state index in [1.165, 1.54) is 0 Å². The smallest absolute Gasteiger partial charge is 0.274 e. The van der Waals surface area contributed by atoms with Gasteiger partial charge in [-0.3, -0.25) is 4.68 Å². The van der Waals surface area contributed by atoms with Crippen LogP contribution in [-0.2, 0) is 13.0 Å². The van der Waals surface area contributed by atoms with Crippen LogP contribution in [0.25, 0.3) is 0 Å². The quantitative estimate of drug-likeness (QED) is 0.778. The fraction of sp³-hybridized carbons (Fsp3) is 0.500. The van der Waals surface area contributed by atoms with Crippen molar-refractivity contribution in [1.82, 2.24) is 9.78 Å². The third-order valence-electron chi connectivity index (χ3n) is 2.00. The van der Waals surface area contributed by atoms with Gasteiger partial charge in [0.05, 0.1) is 5.56 Å². The molecule has 0 saturated heterocycles. The Kier molecular flexibility index (Phi) is 3.06. The van der Waals surface area contributed by atoms with E-state index < -0.39 is 29.3 Å². The lowest BCUT2D eigenvalue weighted by molar-refractivity contribution is -0.360. The molecular formula is C8H4F7N3. The molecule has 0 radical (unpaired) electrons. The molecule has 0 spiro atoms. The molecule has 1 aromatic heterocycles. The molecule has 0 aromatic carbocycles. The van der Waals surface area contributed by atoms with Crippen molar-refractivity contribution in [2.24, 2.45) is 7.05 Å². The van der Waals surface area contributed by atoms with Crippen molar-refractivity contribution in [3.63, 3.8) is 0 Å². The van der Waals surface area contributed by atoms with E-state index in [9.17, 15) is 30.7 Å². The van der Waals surface area contributed by atoms with Gasteiger partial charge in [0.1, 0.15) is 6.07 Å². The van der Waals surface area contributed by atoms with Crippen LogP contribution in [0, 0.1) is 11.3 Å². The number of rotatable bonds is 2. The molecule has 0 atom stereocenters. The van der Waals surface area contributed by atoms with Crippen LogP contribution in [0.3, 0.4) is 0 Å². The van der Waals surface area contributed by atoms with Crippen molar-refractivity contribution in [3.05, 3.63) is 17.5 Å². The summed E-state index contributed by atoms with van der Waals surface area (Å²) in [5, 5.41) is 11.2. The lowest BCUT2D eigenvalue weighted by Crippen LogP contribution is -2.50. The minimum Gasteiger partial charge on any atom is -0.274 e. The maximum atomic E-state index is 13.2. The highest BCUT2D eigenvalue weighted by molar-refractivity contribution is 5.35. The van der Waals surface area contributed by atoms with E-state index in [4.69, 9.17) is 5.26 Å². The molecule has 10 heteroatoms. The van der Waals surface area contributed by atoms with Crippen LogP contribution in [0.4, 0.5) is 30.7 Å². The van der Waals surface area contributed by atoms with Gasteiger partial charge >= 0.3 is 18.0 Å². The second kappa shape index (κ2) is 3.86. The fourth-order valence-corrected chi connectivity index (χ4v) is 1.13. The Labute approximate surface area is 95.4 Å². The molecule has 0 aliphatic rings. The number of nitrogens with zero attached hydrogens (tertiary/aromatic N) is 3. The van der Waals surface area contributed by atoms with Crippen LogP contribution in [-0.4, -0.2) is 21.9 Å². The van der Waals surface area contributed by atoms with Crippen LogP contribution in [0.15, 0.2) is 6.20 Å². The predicted octanol–water partition coefficient (Wildman–Crippen LogP) is 2.58. The zero-order chi connectivity index (χ0) is 14.4. The van der Waals surface area contributed by atoms with E-state index >= 15 is 0 Å². The third-order valence-corrected chi connectivity index (χ3v) is 2.00. The van der Waals surface area contributed by atoms with Crippen molar-refractivity contribution < 1.29 is 30.7 Å². The maximum absolute atomic E-state index is 13.2. The lowest BCUT2D eigenvalue weighted by atomic mass is 10.1. The average Bonchev–Trinajstić information content (AvgIpc) is 2.58. The number of aromatic nitrogens is 2. The Balaban J connectivity index is 3.43. The van der Waals surface area contributed by atoms with Crippen molar-refractivity contribution in [2.75, 3.05) is 0 Å². The summed E-state index contributed by atoms with van der Waals surface area (Å²) in [5.74, 6) is -11.9. The van der Waals surface area contributed by atoms with Gasteiger partial charge in [0, 0.05) is 13.2 Å². The molecule has 0 unspecified atom stereocenters. The Morgan fingerprint density at radius 3 is 2.06 bits per heavy atom. The summed E-state index contributed by atoms with van der Waals surface area (Å²) < 4.78 is 88.0. The van der Waals surface area contributed by atoms with Crippen LogP contribution in [0.2, 0.25) is 0 Å². The summed E-state index contributed by atoms with van der Waals surface area (Å²) in [6.07, 6.45) is -5.84. The molecule has 0 aliphatic carbocycles. The van der Waals surface area contributed by atoms with Gasteiger partial charge in [-0.05, 0) is 0 Å². The molecule has 18 heavy (non-hydrogen) atoms. The molecule has 0 aliphatic heterocycles. The molecule has 0 saturated carbocycles. The molecule has 0 bridgehead atoms. The highest BCUT2D eigenvalue weighted by Crippen LogP contribution is 2.51. The lowest BCUT2D eigenvalue weighted by Gasteiger charge is -2.26. The number of halogens is 7. The van der Waals surface area contributed by atoms with Crippen LogP contribution < -0.4 is 0 Å². The van der Waals surface area contributed by atoms with Gasteiger partial charge in [-0.25, -0.2) is 0 Å². The van der Waals surface area contributed by atoms with E-state index in [0.29, 0.717) is 10.9 Å². The minimum absolute atomic E-state index is 0.550. The number of hydrogen-bond acceptors (Lipinski definition) is 2. The summed E-state index contributed by atoms with van der Waals surface area (Å²) >= 11 is 0. The molecule has 0 N–H and O–H groups in total. The minimum atomic E-state index is -6.46. The standard InChI is InChI=1S/C8H4F7N3/c1-18-3-4(2-16)5(17-18)6(9,10)7(11,12)8(13,14)15/h3H,1H3. The van der Waals surface area contributed by atoms with Crippen LogP contribution >= 0.6 is 0 Å². The predicted molar refractivity (Wildman–Crippen MR) is 42.8 cm³/mol. The van der Waals surface area contributed by atoms with Crippen LogP contribution in [0.1, 0.15) is 11.3 Å². The number of aryl methyl sites for hydroxylation is 1. The van der Waals surface area contributed by atoms with E-state index in [1.807, 2.05) is 0 Å². The van der Waals surface area contributed by atoms with Gasteiger partial charge in [-0.1, -0.05) is 0 Å².